The normalized spacial score (nSPS) is 21.2. The number of ether oxygens (including phenoxy) is 1. The van der Waals surface area contributed by atoms with E-state index in [1.165, 1.54) is 6.07 Å². The molecule has 7 nitrogen and oxygen atoms in total. The van der Waals surface area contributed by atoms with E-state index in [9.17, 15) is 18.0 Å². The standard InChI is InChI=1S/C24H28ClF3N4O3/c1-31-9-7-15(13-31)19-11-17(4-6-21(19)25)30-35-23(33)29-16-3-5-20(24(26,27)28)22(12-16)34-18-8-10-32(2)14-18/h3-6,11-12,15,18,30H,7-10,13-14H2,1-2H3,(H,29,33). The first kappa shape index (κ1) is 25.4. The average Bonchev–Trinajstić information content (AvgIpc) is 3.40. The molecular formula is C24H28ClF3N4O3. The van der Waals surface area contributed by atoms with Gasteiger partial charge in [0.15, 0.2) is 0 Å². The molecule has 2 fully saturated rings. The van der Waals surface area contributed by atoms with Gasteiger partial charge >= 0.3 is 12.3 Å². The number of benzene rings is 2. The summed E-state index contributed by atoms with van der Waals surface area (Å²) in [6, 6.07) is 8.47. The van der Waals surface area contributed by atoms with Crippen LogP contribution in [0.25, 0.3) is 0 Å². The molecule has 0 saturated carbocycles. The summed E-state index contributed by atoms with van der Waals surface area (Å²) in [4.78, 5) is 21.6. The average molecular weight is 513 g/mol. The van der Waals surface area contributed by atoms with Gasteiger partial charge in [-0.2, -0.15) is 13.2 Å². The molecule has 0 aromatic heterocycles. The minimum absolute atomic E-state index is 0.122. The van der Waals surface area contributed by atoms with E-state index < -0.39 is 17.8 Å². The number of amides is 1. The molecule has 2 heterocycles. The molecule has 35 heavy (non-hydrogen) atoms. The third-order valence-electron chi connectivity index (χ3n) is 6.26. The predicted octanol–water partition coefficient (Wildman–Crippen LogP) is 5.44. The monoisotopic (exact) mass is 512 g/mol. The fourth-order valence-electron chi connectivity index (χ4n) is 4.46. The van der Waals surface area contributed by atoms with Gasteiger partial charge in [-0.25, -0.2) is 10.3 Å². The van der Waals surface area contributed by atoms with E-state index in [2.05, 4.69) is 15.7 Å². The van der Waals surface area contributed by atoms with E-state index in [4.69, 9.17) is 21.2 Å². The van der Waals surface area contributed by atoms with E-state index >= 15 is 0 Å². The Morgan fingerprint density at radius 2 is 1.74 bits per heavy atom. The molecule has 1 amide bonds. The Morgan fingerprint density at radius 1 is 1.03 bits per heavy atom. The Balaban J connectivity index is 1.40. The number of nitrogens with one attached hydrogen (secondary N) is 2. The molecule has 0 aliphatic carbocycles. The highest BCUT2D eigenvalue weighted by Gasteiger charge is 2.36. The minimum atomic E-state index is -4.58. The molecule has 2 aromatic rings. The zero-order valence-electron chi connectivity index (χ0n) is 19.5. The van der Waals surface area contributed by atoms with Gasteiger partial charge in [0.25, 0.3) is 0 Å². The van der Waals surface area contributed by atoms with Crippen LogP contribution in [0.15, 0.2) is 36.4 Å². The van der Waals surface area contributed by atoms with Crippen LogP contribution in [0.3, 0.4) is 0 Å². The molecule has 2 aliphatic rings. The Hall–Kier alpha value is -2.69. The van der Waals surface area contributed by atoms with E-state index in [1.54, 1.807) is 12.1 Å². The third kappa shape index (κ3) is 6.50. The number of likely N-dealkylation sites (tertiary alicyclic amines) is 2. The number of likely N-dealkylation sites (N-methyl/N-ethyl adjacent to an activating group) is 2. The highest BCUT2D eigenvalue weighted by Crippen LogP contribution is 2.39. The zero-order valence-corrected chi connectivity index (χ0v) is 20.2. The van der Waals surface area contributed by atoms with Crippen LogP contribution in [-0.2, 0) is 11.0 Å². The molecule has 2 aromatic carbocycles. The number of carbonyl (C=O) groups is 1. The zero-order chi connectivity index (χ0) is 25.2. The van der Waals surface area contributed by atoms with Gasteiger partial charge in [-0.3, -0.25) is 5.32 Å². The number of carbonyl (C=O) groups excluding carboxylic acids is 1. The summed E-state index contributed by atoms with van der Waals surface area (Å²) in [6.45, 7) is 3.14. The Kier molecular flexibility index (Phi) is 7.63. The summed E-state index contributed by atoms with van der Waals surface area (Å²) in [6.07, 6.45) is -4.22. The van der Waals surface area contributed by atoms with Gasteiger partial charge in [-0.1, -0.05) is 11.6 Å². The summed E-state index contributed by atoms with van der Waals surface area (Å²) >= 11 is 6.36. The molecule has 2 unspecified atom stereocenters. The first-order valence-electron chi connectivity index (χ1n) is 11.4. The molecular weight excluding hydrogens is 485 g/mol. The third-order valence-corrected chi connectivity index (χ3v) is 6.61. The lowest BCUT2D eigenvalue weighted by Crippen LogP contribution is -2.23. The van der Waals surface area contributed by atoms with Crippen molar-refractivity contribution in [3.8, 4) is 5.75 Å². The largest absolute Gasteiger partial charge is 0.488 e. The molecule has 2 saturated heterocycles. The topological polar surface area (TPSA) is 66.1 Å². The van der Waals surface area contributed by atoms with Gasteiger partial charge in [0.05, 0.1) is 11.3 Å². The summed E-state index contributed by atoms with van der Waals surface area (Å²) < 4.78 is 46.1. The summed E-state index contributed by atoms with van der Waals surface area (Å²) in [7, 11) is 3.93. The Morgan fingerprint density at radius 3 is 2.40 bits per heavy atom. The van der Waals surface area contributed by atoms with Crippen LogP contribution >= 0.6 is 11.6 Å². The summed E-state index contributed by atoms with van der Waals surface area (Å²) in [5, 5.41) is 3.08. The number of halogens is 4. The van der Waals surface area contributed by atoms with Crippen LogP contribution in [0.5, 0.6) is 5.75 Å². The molecule has 0 bridgehead atoms. The van der Waals surface area contributed by atoms with Crippen molar-refractivity contribution in [3.05, 3.63) is 52.5 Å². The highest BCUT2D eigenvalue weighted by atomic mass is 35.5. The molecule has 2 aliphatic heterocycles. The van der Waals surface area contributed by atoms with Crippen LogP contribution in [0.1, 0.15) is 29.9 Å². The van der Waals surface area contributed by atoms with E-state index in [0.29, 0.717) is 23.7 Å². The number of hydrogen-bond acceptors (Lipinski definition) is 6. The van der Waals surface area contributed by atoms with Crippen molar-refractivity contribution in [2.24, 2.45) is 0 Å². The van der Waals surface area contributed by atoms with E-state index in [1.807, 2.05) is 25.1 Å². The Bertz CT molecular complexity index is 1070. The van der Waals surface area contributed by atoms with Crippen LogP contribution in [-0.4, -0.2) is 62.3 Å². The fraction of sp³-hybridized carbons (Fsp3) is 0.458. The first-order valence-corrected chi connectivity index (χ1v) is 11.7. The van der Waals surface area contributed by atoms with Crippen LogP contribution < -0.4 is 15.5 Å². The second kappa shape index (κ2) is 10.5. The van der Waals surface area contributed by atoms with Gasteiger partial charge in [0.1, 0.15) is 11.9 Å². The lowest BCUT2D eigenvalue weighted by Gasteiger charge is -2.19. The fourth-order valence-corrected chi connectivity index (χ4v) is 4.73. The second-order valence-corrected chi connectivity index (χ2v) is 9.51. The molecule has 2 N–H and O–H groups in total. The lowest BCUT2D eigenvalue weighted by atomic mass is 9.98. The van der Waals surface area contributed by atoms with Crippen LogP contribution in [0.2, 0.25) is 5.02 Å². The van der Waals surface area contributed by atoms with Crippen molar-refractivity contribution in [1.29, 1.82) is 0 Å². The minimum Gasteiger partial charge on any atom is -0.488 e. The van der Waals surface area contributed by atoms with Gasteiger partial charge < -0.3 is 19.4 Å². The highest BCUT2D eigenvalue weighted by molar-refractivity contribution is 6.31. The van der Waals surface area contributed by atoms with Gasteiger partial charge in [0.2, 0.25) is 0 Å². The smallest absolute Gasteiger partial charge is 0.435 e. The predicted molar refractivity (Wildman–Crippen MR) is 128 cm³/mol. The Labute approximate surface area is 207 Å². The van der Waals surface area contributed by atoms with Crippen molar-refractivity contribution in [2.75, 3.05) is 51.1 Å². The van der Waals surface area contributed by atoms with Crippen molar-refractivity contribution in [3.63, 3.8) is 0 Å². The molecule has 4 rings (SSSR count). The summed E-state index contributed by atoms with van der Waals surface area (Å²) in [5.74, 6) is -0.0410. The molecule has 11 heteroatoms. The molecule has 0 spiro atoms. The SMILES string of the molecule is CN1CCC(Oc2cc(NC(=O)ONc3ccc(Cl)c(C4CCN(C)C4)c3)ccc2C(F)(F)F)C1. The summed E-state index contributed by atoms with van der Waals surface area (Å²) in [5.41, 5.74) is 3.31. The van der Waals surface area contributed by atoms with Crippen molar-refractivity contribution in [2.45, 2.75) is 31.0 Å². The van der Waals surface area contributed by atoms with Crippen molar-refractivity contribution in [1.82, 2.24) is 9.80 Å². The number of nitrogens with zero attached hydrogens (tertiary/aromatic N) is 2. The van der Waals surface area contributed by atoms with Crippen LogP contribution in [0, 0.1) is 0 Å². The maximum absolute atomic E-state index is 13.5. The number of rotatable bonds is 6. The maximum Gasteiger partial charge on any atom is 0.435 e. The maximum atomic E-state index is 13.5. The van der Waals surface area contributed by atoms with E-state index in [0.717, 1.165) is 43.8 Å². The van der Waals surface area contributed by atoms with E-state index in [-0.39, 0.29) is 23.5 Å². The number of anilines is 2. The van der Waals surface area contributed by atoms with Gasteiger partial charge in [-0.05, 0) is 75.3 Å². The lowest BCUT2D eigenvalue weighted by molar-refractivity contribution is -0.139. The van der Waals surface area contributed by atoms with Crippen LogP contribution in [0.4, 0.5) is 29.3 Å². The molecule has 190 valence electrons. The molecule has 2 atom stereocenters. The van der Waals surface area contributed by atoms with Gasteiger partial charge in [-0.15, -0.1) is 0 Å². The second-order valence-electron chi connectivity index (χ2n) is 9.10. The van der Waals surface area contributed by atoms with Crippen molar-refractivity contribution < 1.29 is 27.5 Å². The first-order chi connectivity index (χ1) is 16.6. The number of alkyl halides is 3. The quantitative estimate of drug-likeness (QED) is 0.503. The van der Waals surface area contributed by atoms with Crippen molar-refractivity contribution >= 4 is 29.1 Å². The van der Waals surface area contributed by atoms with Gasteiger partial charge in [0, 0.05) is 36.4 Å². The number of hydrogen-bond donors (Lipinski definition) is 2. The molecule has 0 radical (unpaired) electrons.